The van der Waals surface area contributed by atoms with Gasteiger partial charge >= 0.3 is 6.01 Å². The van der Waals surface area contributed by atoms with E-state index in [1.165, 1.54) is 7.11 Å². The Morgan fingerprint density at radius 3 is 2.45 bits per heavy atom. The maximum atomic E-state index is 9.59. The zero-order chi connectivity index (χ0) is 14.8. The van der Waals surface area contributed by atoms with E-state index < -0.39 is 6.10 Å². The van der Waals surface area contributed by atoms with Crippen molar-refractivity contribution in [3.8, 4) is 6.01 Å². The quantitative estimate of drug-likeness (QED) is 0.571. The lowest BCUT2D eigenvalue weighted by atomic mass is 10.4. The van der Waals surface area contributed by atoms with Gasteiger partial charge in [-0.1, -0.05) is 6.92 Å². The van der Waals surface area contributed by atoms with Crippen LogP contribution in [0, 0.1) is 0 Å². The van der Waals surface area contributed by atoms with Crippen molar-refractivity contribution in [1.29, 1.82) is 0 Å². The fraction of sp³-hybridized carbons (Fsp3) is 0.750. The molecule has 114 valence electrons. The van der Waals surface area contributed by atoms with Crippen LogP contribution in [0.25, 0.3) is 0 Å². The van der Waals surface area contributed by atoms with E-state index in [9.17, 15) is 5.11 Å². The summed E-state index contributed by atoms with van der Waals surface area (Å²) in [5.41, 5.74) is 0. The first-order valence-corrected chi connectivity index (χ1v) is 6.73. The molecule has 1 aromatic rings. The summed E-state index contributed by atoms with van der Waals surface area (Å²) in [5, 5.41) is 15.6. The molecule has 0 aliphatic rings. The summed E-state index contributed by atoms with van der Waals surface area (Å²) in [5.74, 6) is 0.811. The van der Waals surface area contributed by atoms with Crippen LogP contribution in [0.5, 0.6) is 6.01 Å². The highest BCUT2D eigenvalue weighted by molar-refractivity contribution is 5.35. The van der Waals surface area contributed by atoms with E-state index in [0.29, 0.717) is 18.5 Å². The molecule has 1 atom stereocenters. The van der Waals surface area contributed by atoms with Crippen LogP contribution in [-0.4, -0.2) is 59.6 Å². The molecule has 0 aromatic carbocycles. The maximum absolute atomic E-state index is 9.59. The van der Waals surface area contributed by atoms with Crippen LogP contribution < -0.4 is 15.4 Å². The molecule has 1 unspecified atom stereocenters. The van der Waals surface area contributed by atoms with Crippen molar-refractivity contribution in [3.05, 3.63) is 0 Å². The molecule has 0 saturated heterocycles. The van der Waals surface area contributed by atoms with Gasteiger partial charge in [-0.2, -0.15) is 15.0 Å². The molecule has 1 heterocycles. The lowest BCUT2D eigenvalue weighted by Crippen LogP contribution is -2.25. The van der Waals surface area contributed by atoms with Gasteiger partial charge in [0.25, 0.3) is 0 Å². The second-order valence-electron chi connectivity index (χ2n) is 4.12. The van der Waals surface area contributed by atoms with Gasteiger partial charge in [0.15, 0.2) is 0 Å². The lowest BCUT2D eigenvalue weighted by molar-refractivity contribution is 0.0726. The Bertz CT molecular complexity index is 391. The Balaban J connectivity index is 2.69. The van der Waals surface area contributed by atoms with Crippen LogP contribution in [0.4, 0.5) is 11.9 Å². The van der Waals surface area contributed by atoms with Crippen molar-refractivity contribution in [2.75, 3.05) is 44.0 Å². The maximum Gasteiger partial charge on any atom is 0.323 e. The molecule has 8 nitrogen and oxygen atoms in total. The van der Waals surface area contributed by atoms with Gasteiger partial charge in [-0.25, -0.2) is 0 Å². The predicted molar refractivity (Wildman–Crippen MR) is 76.1 cm³/mol. The van der Waals surface area contributed by atoms with E-state index in [-0.39, 0.29) is 19.2 Å². The number of aliphatic hydroxyl groups is 1. The van der Waals surface area contributed by atoms with Crippen molar-refractivity contribution in [2.24, 2.45) is 0 Å². The van der Waals surface area contributed by atoms with Gasteiger partial charge < -0.3 is 25.2 Å². The molecule has 0 fully saturated rings. The van der Waals surface area contributed by atoms with Crippen LogP contribution in [-0.2, 0) is 4.74 Å². The normalized spacial score (nSPS) is 12.0. The highest BCUT2D eigenvalue weighted by atomic mass is 16.5. The number of nitrogens with zero attached hydrogens (tertiary/aromatic N) is 3. The molecule has 0 bridgehead atoms. The van der Waals surface area contributed by atoms with Crippen molar-refractivity contribution in [3.63, 3.8) is 0 Å². The Hall–Kier alpha value is -1.67. The third-order valence-corrected chi connectivity index (χ3v) is 2.28. The zero-order valence-electron chi connectivity index (χ0n) is 12.2. The van der Waals surface area contributed by atoms with Gasteiger partial charge in [-0.15, -0.1) is 0 Å². The number of methoxy groups -OCH3 is 1. The smallest absolute Gasteiger partial charge is 0.323 e. The van der Waals surface area contributed by atoms with E-state index in [4.69, 9.17) is 9.47 Å². The van der Waals surface area contributed by atoms with Crippen molar-refractivity contribution in [1.82, 2.24) is 15.0 Å². The minimum absolute atomic E-state index is 0.247. The van der Waals surface area contributed by atoms with Crippen LogP contribution in [0.1, 0.15) is 20.3 Å². The monoisotopic (exact) mass is 285 g/mol. The number of hydrogen-bond donors (Lipinski definition) is 3. The average Bonchev–Trinajstić information content (AvgIpc) is 2.43. The molecule has 0 aliphatic carbocycles. The SMILES string of the molecule is CCCNc1nc(NCC(O)COC)nc(OCC)n1. The van der Waals surface area contributed by atoms with Gasteiger partial charge in [0, 0.05) is 20.2 Å². The number of rotatable bonds is 10. The summed E-state index contributed by atoms with van der Waals surface area (Å²) in [4.78, 5) is 12.5. The minimum Gasteiger partial charge on any atom is -0.464 e. The molecule has 0 radical (unpaired) electrons. The molecular weight excluding hydrogens is 262 g/mol. The van der Waals surface area contributed by atoms with Crippen molar-refractivity contribution in [2.45, 2.75) is 26.4 Å². The van der Waals surface area contributed by atoms with Crippen LogP contribution in [0.2, 0.25) is 0 Å². The molecule has 0 spiro atoms. The highest BCUT2D eigenvalue weighted by Gasteiger charge is 2.09. The number of aromatic nitrogens is 3. The first-order valence-electron chi connectivity index (χ1n) is 6.73. The topological polar surface area (TPSA) is 101 Å². The van der Waals surface area contributed by atoms with E-state index in [2.05, 4.69) is 32.5 Å². The summed E-state index contributed by atoms with van der Waals surface area (Å²) in [6.07, 6.45) is 0.338. The first kappa shape index (κ1) is 16.4. The van der Waals surface area contributed by atoms with Gasteiger partial charge in [0.2, 0.25) is 11.9 Å². The third kappa shape index (κ3) is 5.98. The molecule has 20 heavy (non-hydrogen) atoms. The summed E-state index contributed by atoms with van der Waals surface area (Å²) >= 11 is 0. The first-order chi connectivity index (χ1) is 9.69. The standard InChI is InChI=1S/C12H23N5O3/c1-4-6-13-10-15-11(14-7-9(18)8-19-3)17-12(16-10)20-5-2/h9,18H,4-8H2,1-3H3,(H2,13,14,15,16,17). The molecule has 1 aromatic heterocycles. The summed E-state index contributed by atoms with van der Waals surface area (Å²) < 4.78 is 10.1. The zero-order valence-corrected chi connectivity index (χ0v) is 12.2. The largest absolute Gasteiger partial charge is 0.464 e. The molecule has 0 aliphatic heterocycles. The highest BCUT2D eigenvalue weighted by Crippen LogP contribution is 2.11. The second kappa shape index (κ2) is 9.27. The Labute approximate surface area is 118 Å². The molecule has 0 saturated carbocycles. The third-order valence-electron chi connectivity index (χ3n) is 2.28. The second-order valence-corrected chi connectivity index (χ2v) is 4.12. The molecule has 3 N–H and O–H groups in total. The Morgan fingerprint density at radius 2 is 1.85 bits per heavy atom. The van der Waals surface area contributed by atoms with Crippen LogP contribution >= 0.6 is 0 Å². The Morgan fingerprint density at radius 1 is 1.15 bits per heavy atom. The molecular formula is C12H23N5O3. The lowest BCUT2D eigenvalue weighted by Gasteiger charge is -2.12. The van der Waals surface area contributed by atoms with Crippen LogP contribution in [0.3, 0.4) is 0 Å². The number of anilines is 2. The minimum atomic E-state index is -0.626. The average molecular weight is 285 g/mol. The van der Waals surface area contributed by atoms with Gasteiger partial charge in [0.1, 0.15) is 0 Å². The van der Waals surface area contributed by atoms with E-state index in [1.807, 2.05) is 6.92 Å². The van der Waals surface area contributed by atoms with E-state index in [0.717, 1.165) is 13.0 Å². The van der Waals surface area contributed by atoms with E-state index >= 15 is 0 Å². The fourth-order valence-electron chi connectivity index (χ4n) is 1.41. The predicted octanol–water partition coefficient (Wildman–Crippen LogP) is 0.511. The number of ether oxygens (including phenoxy) is 2. The van der Waals surface area contributed by atoms with E-state index in [1.54, 1.807) is 0 Å². The molecule has 0 amide bonds. The summed E-state index contributed by atoms with van der Waals surface area (Å²) in [7, 11) is 1.53. The fourth-order valence-corrected chi connectivity index (χ4v) is 1.41. The van der Waals surface area contributed by atoms with Gasteiger partial charge in [-0.05, 0) is 13.3 Å². The molecule has 8 heteroatoms. The summed E-state index contributed by atoms with van der Waals surface area (Å²) in [6.45, 7) is 5.69. The summed E-state index contributed by atoms with van der Waals surface area (Å²) in [6, 6.07) is 0.254. The number of nitrogens with one attached hydrogen (secondary N) is 2. The number of hydrogen-bond acceptors (Lipinski definition) is 8. The van der Waals surface area contributed by atoms with Gasteiger partial charge in [-0.3, -0.25) is 0 Å². The van der Waals surface area contributed by atoms with Crippen molar-refractivity contribution >= 4 is 11.9 Å². The molecule has 1 rings (SSSR count). The van der Waals surface area contributed by atoms with Crippen molar-refractivity contribution < 1.29 is 14.6 Å². The van der Waals surface area contributed by atoms with Crippen LogP contribution in [0.15, 0.2) is 0 Å². The number of aliphatic hydroxyl groups excluding tert-OH is 1. The Kier molecular flexibility index (Phi) is 7.59. The van der Waals surface area contributed by atoms with Gasteiger partial charge in [0.05, 0.1) is 19.3 Å².